The van der Waals surface area contributed by atoms with Crippen LogP contribution in [0.15, 0.2) is 42.5 Å². The van der Waals surface area contributed by atoms with E-state index >= 15 is 0 Å². The van der Waals surface area contributed by atoms with Crippen LogP contribution in [0, 0.1) is 13.8 Å². The zero-order valence-corrected chi connectivity index (χ0v) is 18.7. The van der Waals surface area contributed by atoms with E-state index in [4.69, 9.17) is 14.6 Å². The van der Waals surface area contributed by atoms with Crippen molar-refractivity contribution in [2.45, 2.75) is 46.1 Å². The predicted molar refractivity (Wildman–Crippen MR) is 115 cm³/mol. The van der Waals surface area contributed by atoms with E-state index in [2.05, 4.69) is 4.98 Å². The summed E-state index contributed by atoms with van der Waals surface area (Å²) in [7, 11) is 0. The third-order valence-corrected chi connectivity index (χ3v) is 6.14. The molecular formula is C23H22F3NO4S. The summed E-state index contributed by atoms with van der Waals surface area (Å²) in [6.07, 6.45) is -5.70. The zero-order chi connectivity index (χ0) is 23.6. The Labute approximate surface area is 187 Å². The molecule has 0 spiro atoms. The Morgan fingerprint density at radius 2 is 1.72 bits per heavy atom. The molecular weight excluding hydrogens is 443 g/mol. The molecule has 2 aromatic carbocycles. The lowest BCUT2D eigenvalue weighted by molar-refractivity contribution is -0.144. The first-order valence-electron chi connectivity index (χ1n) is 9.77. The fourth-order valence-corrected chi connectivity index (χ4v) is 4.09. The predicted octanol–water partition coefficient (Wildman–Crippen LogP) is 6.44. The molecule has 9 heteroatoms. The highest BCUT2D eigenvalue weighted by Gasteiger charge is 2.30. The van der Waals surface area contributed by atoms with Gasteiger partial charge in [0.25, 0.3) is 0 Å². The molecule has 1 aromatic heterocycles. The lowest BCUT2D eigenvalue weighted by Gasteiger charge is -2.17. The number of carboxylic acids is 1. The first-order chi connectivity index (χ1) is 15.0. The van der Waals surface area contributed by atoms with Crippen molar-refractivity contribution in [3.8, 4) is 22.1 Å². The Bertz CT molecular complexity index is 1110. The highest BCUT2D eigenvalue weighted by molar-refractivity contribution is 7.15. The topological polar surface area (TPSA) is 68.7 Å². The molecule has 0 aliphatic heterocycles. The first kappa shape index (κ1) is 23.6. The van der Waals surface area contributed by atoms with Crippen molar-refractivity contribution in [2.75, 3.05) is 0 Å². The van der Waals surface area contributed by atoms with Gasteiger partial charge in [0, 0.05) is 5.56 Å². The molecule has 1 heterocycles. The summed E-state index contributed by atoms with van der Waals surface area (Å²) in [5.41, 5.74) is 1.38. The number of carboxylic acid groups (broad SMARTS) is 1. The van der Waals surface area contributed by atoms with Crippen LogP contribution in [0.3, 0.4) is 0 Å². The van der Waals surface area contributed by atoms with Crippen LogP contribution in [0.1, 0.15) is 41.6 Å². The average Bonchev–Trinajstić information content (AvgIpc) is 3.11. The van der Waals surface area contributed by atoms with Crippen LogP contribution in [-0.2, 0) is 11.0 Å². The van der Waals surface area contributed by atoms with Crippen molar-refractivity contribution < 1.29 is 32.5 Å². The highest BCUT2D eigenvalue weighted by Crippen LogP contribution is 2.36. The highest BCUT2D eigenvalue weighted by atomic mass is 32.1. The summed E-state index contributed by atoms with van der Waals surface area (Å²) < 4.78 is 49.8. The molecule has 0 saturated heterocycles. The smallest absolute Gasteiger partial charge is 0.416 e. The minimum Gasteiger partial charge on any atom is -0.485 e. The summed E-state index contributed by atoms with van der Waals surface area (Å²) in [5.74, 6) is -0.0180. The molecule has 0 radical (unpaired) electrons. The van der Waals surface area contributed by atoms with Crippen molar-refractivity contribution >= 4 is 17.3 Å². The minimum absolute atomic E-state index is 0.347. The molecule has 3 rings (SSSR count). The number of nitrogens with zero attached hydrogens (tertiary/aromatic N) is 1. The van der Waals surface area contributed by atoms with Gasteiger partial charge in [-0.15, -0.1) is 11.3 Å². The largest absolute Gasteiger partial charge is 0.485 e. The Morgan fingerprint density at radius 1 is 1.06 bits per heavy atom. The van der Waals surface area contributed by atoms with Gasteiger partial charge in [0.1, 0.15) is 22.6 Å². The maximum Gasteiger partial charge on any atom is 0.416 e. The van der Waals surface area contributed by atoms with Gasteiger partial charge in [-0.1, -0.05) is 12.1 Å². The summed E-state index contributed by atoms with van der Waals surface area (Å²) in [5, 5.41) is 9.60. The second-order valence-electron chi connectivity index (χ2n) is 7.33. The number of alkyl halides is 3. The maximum atomic E-state index is 12.8. The van der Waals surface area contributed by atoms with Crippen molar-refractivity contribution in [3.63, 3.8) is 0 Å². The SMILES string of the molecule is Cc1cc(OC(C)c2sc(-c3ccc(C(F)(F)F)cc3)nc2C)ccc1OC(C)C(=O)O. The van der Waals surface area contributed by atoms with E-state index in [9.17, 15) is 18.0 Å². The van der Waals surface area contributed by atoms with Crippen molar-refractivity contribution in [3.05, 3.63) is 64.2 Å². The normalized spacial score (nSPS) is 13.5. The molecule has 0 fully saturated rings. The van der Waals surface area contributed by atoms with Gasteiger partial charge in [0.05, 0.1) is 16.1 Å². The van der Waals surface area contributed by atoms with Crippen LogP contribution in [-0.4, -0.2) is 22.2 Å². The van der Waals surface area contributed by atoms with Gasteiger partial charge in [0.15, 0.2) is 6.10 Å². The summed E-state index contributed by atoms with van der Waals surface area (Å²) in [6.45, 7) is 6.94. The Morgan fingerprint density at radius 3 is 2.28 bits per heavy atom. The Hall–Kier alpha value is -3.07. The van der Waals surface area contributed by atoms with Crippen molar-refractivity contribution in [1.29, 1.82) is 0 Å². The monoisotopic (exact) mass is 465 g/mol. The van der Waals surface area contributed by atoms with Crippen LogP contribution < -0.4 is 9.47 Å². The van der Waals surface area contributed by atoms with Gasteiger partial charge in [-0.3, -0.25) is 0 Å². The summed E-state index contributed by atoms with van der Waals surface area (Å²) in [4.78, 5) is 16.3. The number of benzene rings is 2. The lowest BCUT2D eigenvalue weighted by atomic mass is 10.1. The summed E-state index contributed by atoms with van der Waals surface area (Å²) in [6, 6.07) is 10.0. The van der Waals surface area contributed by atoms with E-state index in [1.807, 2.05) is 13.8 Å². The van der Waals surface area contributed by atoms with Gasteiger partial charge in [-0.25, -0.2) is 9.78 Å². The quantitative estimate of drug-likeness (QED) is 0.435. The van der Waals surface area contributed by atoms with Crippen LogP contribution in [0.25, 0.3) is 10.6 Å². The van der Waals surface area contributed by atoms with E-state index in [-0.39, 0.29) is 6.10 Å². The molecule has 2 atom stereocenters. The molecule has 0 aliphatic carbocycles. The third kappa shape index (κ3) is 5.40. The van der Waals surface area contributed by atoms with E-state index in [0.717, 1.165) is 28.3 Å². The van der Waals surface area contributed by atoms with Gasteiger partial charge in [0.2, 0.25) is 0 Å². The van der Waals surface area contributed by atoms with Gasteiger partial charge in [-0.2, -0.15) is 13.2 Å². The molecule has 170 valence electrons. The standard InChI is InChI=1S/C23H22F3NO4S/c1-12-11-18(9-10-19(12)31-15(4)22(28)29)30-14(3)20-13(2)27-21(32-20)16-5-7-17(8-6-16)23(24,25)26/h5-11,14-15H,1-4H3,(H,28,29). The first-order valence-corrected chi connectivity index (χ1v) is 10.6. The number of hydrogen-bond acceptors (Lipinski definition) is 5. The third-order valence-electron chi connectivity index (χ3n) is 4.77. The van der Waals surface area contributed by atoms with Crippen LogP contribution >= 0.6 is 11.3 Å². The molecule has 2 unspecified atom stereocenters. The average molecular weight is 465 g/mol. The Kier molecular flexibility index (Phi) is 6.78. The van der Waals surface area contributed by atoms with E-state index in [1.165, 1.54) is 30.4 Å². The Balaban J connectivity index is 1.75. The second-order valence-corrected chi connectivity index (χ2v) is 8.36. The van der Waals surface area contributed by atoms with Gasteiger partial charge >= 0.3 is 12.1 Å². The van der Waals surface area contributed by atoms with E-state index < -0.39 is 23.8 Å². The number of aromatic nitrogens is 1. The number of thiazole rings is 1. The van der Waals surface area contributed by atoms with Crippen LogP contribution in [0.5, 0.6) is 11.5 Å². The fourth-order valence-electron chi connectivity index (χ4n) is 3.04. The molecule has 5 nitrogen and oxygen atoms in total. The van der Waals surface area contributed by atoms with Crippen LogP contribution in [0.2, 0.25) is 0 Å². The van der Waals surface area contributed by atoms with Crippen LogP contribution in [0.4, 0.5) is 13.2 Å². The molecule has 0 amide bonds. The molecule has 32 heavy (non-hydrogen) atoms. The van der Waals surface area contributed by atoms with Crippen molar-refractivity contribution in [1.82, 2.24) is 4.98 Å². The number of aryl methyl sites for hydroxylation is 2. The number of halogens is 3. The number of carbonyl (C=O) groups is 1. The van der Waals surface area contributed by atoms with E-state index in [1.54, 1.807) is 25.1 Å². The zero-order valence-electron chi connectivity index (χ0n) is 17.9. The minimum atomic E-state index is -4.38. The van der Waals surface area contributed by atoms with Gasteiger partial charge in [-0.05, 0) is 63.6 Å². The molecule has 1 N–H and O–H groups in total. The lowest BCUT2D eigenvalue weighted by Crippen LogP contribution is -2.23. The second kappa shape index (κ2) is 9.20. The maximum absolute atomic E-state index is 12.8. The molecule has 0 saturated carbocycles. The number of rotatable bonds is 7. The fraction of sp³-hybridized carbons (Fsp3) is 0.304. The summed E-state index contributed by atoms with van der Waals surface area (Å²) >= 11 is 1.36. The van der Waals surface area contributed by atoms with Crippen molar-refractivity contribution in [2.24, 2.45) is 0 Å². The number of hydrogen-bond donors (Lipinski definition) is 1. The number of aliphatic carboxylic acids is 1. The van der Waals surface area contributed by atoms with E-state index in [0.29, 0.717) is 22.1 Å². The van der Waals surface area contributed by atoms with Gasteiger partial charge < -0.3 is 14.6 Å². The molecule has 0 bridgehead atoms. The molecule has 3 aromatic rings. The number of ether oxygens (including phenoxy) is 2. The molecule has 0 aliphatic rings.